The zero-order valence-electron chi connectivity index (χ0n) is 16.5. The van der Waals surface area contributed by atoms with Gasteiger partial charge in [-0.3, -0.25) is 14.6 Å². The number of hydrogen-bond donors (Lipinski definition) is 0. The maximum absolute atomic E-state index is 13.4. The van der Waals surface area contributed by atoms with Crippen LogP contribution in [0, 0.1) is 0 Å². The summed E-state index contributed by atoms with van der Waals surface area (Å²) in [5, 5.41) is 1.33. The molecule has 0 bridgehead atoms. The average Bonchev–Trinajstić information content (AvgIpc) is 3.17. The van der Waals surface area contributed by atoms with Gasteiger partial charge in [0.25, 0.3) is 5.91 Å². The Morgan fingerprint density at radius 3 is 2.83 bits per heavy atom. The molecule has 4 rings (SSSR count). The number of amides is 1. The number of fused-ring (bicyclic) bond motifs is 1. The van der Waals surface area contributed by atoms with Crippen LogP contribution in [0.25, 0.3) is 10.2 Å². The Labute approximate surface area is 190 Å². The molecule has 2 heterocycles. The second kappa shape index (κ2) is 10.4. The maximum atomic E-state index is 13.4. The van der Waals surface area contributed by atoms with Crippen molar-refractivity contribution in [2.75, 3.05) is 51.4 Å². The van der Waals surface area contributed by atoms with Gasteiger partial charge in [-0.15, -0.1) is 12.4 Å². The molecule has 1 fully saturated rings. The molecule has 1 aliphatic rings. The van der Waals surface area contributed by atoms with Crippen molar-refractivity contribution >= 4 is 56.6 Å². The summed E-state index contributed by atoms with van der Waals surface area (Å²) in [5.74, 6) is 0.558. The van der Waals surface area contributed by atoms with Gasteiger partial charge < -0.3 is 9.47 Å². The Kier molecular flexibility index (Phi) is 7.91. The minimum Gasteiger partial charge on any atom is -0.497 e. The van der Waals surface area contributed by atoms with Gasteiger partial charge in [-0.25, -0.2) is 4.98 Å². The number of ether oxygens (including phenoxy) is 2. The summed E-state index contributed by atoms with van der Waals surface area (Å²) >= 11 is 7.60. The van der Waals surface area contributed by atoms with Crippen molar-refractivity contribution in [3.63, 3.8) is 0 Å². The molecular weight excluding hydrogens is 445 g/mol. The predicted octanol–water partition coefficient (Wildman–Crippen LogP) is 4.36. The second-order valence-electron chi connectivity index (χ2n) is 6.75. The number of hydrogen-bond acceptors (Lipinski definition) is 6. The van der Waals surface area contributed by atoms with Crippen LogP contribution in [0.15, 0.2) is 42.5 Å². The normalized spacial score (nSPS) is 14.3. The minimum absolute atomic E-state index is 0. The van der Waals surface area contributed by atoms with Crippen LogP contribution in [-0.4, -0.2) is 62.3 Å². The Hall–Kier alpha value is -1.90. The first-order valence-electron chi connectivity index (χ1n) is 9.46. The Balaban J connectivity index is 0.00000256. The van der Waals surface area contributed by atoms with Gasteiger partial charge in [0.2, 0.25) is 0 Å². The van der Waals surface area contributed by atoms with E-state index in [0.29, 0.717) is 28.0 Å². The van der Waals surface area contributed by atoms with E-state index in [-0.39, 0.29) is 18.3 Å². The van der Waals surface area contributed by atoms with Crippen LogP contribution in [0.3, 0.4) is 0 Å². The van der Waals surface area contributed by atoms with Gasteiger partial charge in [0.1, 0.15) is 5.75 Å². The molecule has 6 nitrogen and oxygen atoms in total. The van der Waals surface area contributed by atoms with Gasteiger partial charge in [0.15, 0.2) is 5.13 Å². The summed E-state index contributed by atoms with van der Waals surface area (Å²) in [7, 11) is 1.59. The molecular formula is C21H23Cl2N3O3S. The molecule has 0 saturated carbocycles. The zero-order valence-corrected chi connectivity index (χ0v) is 18.9. The SMILES string of the molecule is COc1cccc(C(=O)N(CCN2CCOCC2)c2nc3ccc(Cl)cc3s2)c1.Cl. The number of nitrogens with zero attached hydrogens (tertiary/aromatic N) is 3. The van der Waals surface area contributed by atoms with E-state index in [0.717, 1.165) is 43.1 Å². The number of anilines is 1. The smallest absolute Gasteiger partial charge is 0.260 e. The average molecular weight is 468 g/mol. The van der Waals surface area contributed by atoms with Crippen molar-refractivity contribution in [2.45, 2.75) is 0 Å². The number of carbonyl (C=O) groups excluding carboxylic acids is 1. The summed E-state index contributed by atoms with van der Waals surface area (Å²) in [6.07, 6.45) is 0. The number of morpholine rings is 1. The molecule has 0 spiro atoms. The first-order valence-corrected chi connectivity index (χ1v) is 10.7. The summed E-state index contributed by atoms with van der Waals surface area (Å²) in [6, 6.07) is 12.8. The lowest BCUT2D eigenvalue weighted by Gasteiger charge is -2.29. The number of rotatable bonds is 6. The molecule has 30 heavy (non-hydrogen) atoms. The van der Waals surface area contributed by atoms with Crippen LogP contribution >= 0.6 is 35.3 Å². The van der Waals surface area contributed by atoms with Crippen LogP contribution in [0.1, 0.15) is 10.4 Å². The minimum atomic E-state index is -0.0951. The van der Waals surface area contributed by atoms with Crippen molar-refractivity contribution in [1.29, 1.82) is 0 Å². The number of aromatic nitrogens is 1. The molecule has 0 unspecified atom stereocenters. The summed E-state index contributed by atoms with van der Waals surface area (Å²) in [4.78, 5) is 22.2. The highest BCUT2D eigenvalue weighted by molar-refractivity contribution is 7.22. The summed E-state index contributed by atoms with van der Waals surface area (Å²) in [5.41, 5.74) is 1.41. The van der Waals surface area contributed by atoms with Crippen molar-refractivity contribution < 1.29 is 14.3 Å². The molecule has 1 amide bonds. The molecule has 9 heteroatoms. The Bertz CT molecular complexity index is 1010. The molecule has 0 aliphatic carbocycles. The van der Waals surface area contributed by atoms with Gasteiger partial charge >= 0.3 is 0 Å². The van der Waals surface area contributed by atoms with Crippen LogP contribution in [0.5, 0.6) is 5.75 Å². The first kappa shape index (κ1) is 22.8. The topological polar surface area (TPSA) is 54.9 Å². The lowest BCUT2D eigenvalue weighted by atomic mass is 10.2. The fourth-order valence-corrected chi connectivity index (χ4v) is 4.53. The fraction of sp³-hybridized carbons (Fsp3) is 0.333. The van der Waals surface area contributed by atoms with Crippen LogP contribution in [0.2, 0.25) is 5.02 Å². The van der Waals surface area contributed by atoms with E-state index >= 15 is 0 Å². The third kappa shape index (κ3) is 5.22. The zero-order chi connectivity index (χ0) is 20.2. The highest BCUT2D eigenvalue weighted by atomic mass is 35.5. The second-order valence-corrected chi connectivity index (χ2v) is 8.20. The fourth-order valence-electron chi connectivity index (χ4n) is 3.26. The molecule has 0 N–H and O–H groups in total. The largest absolute Gasteiger partial charge is 0.497 e. The number of thiazole rings is 1. The molecule has 1 saturated heterocycles. The van der Waals surface area contributed by atoms with Gasteiger partial charge in [-0.1, -0.05) is 29.0 Å². The Morgan fingerprint density at radius 2 is 2.07 bits per heavy atom. The quantitative estimate of drug-likeness (QED) is 0.538. The van der Waals surface area contributed by atoms with Crippen molar-refractivity contribution in [3.05, 3.63) is 53.1 Å². The lowest BCUT2D eigenvalue weighted by Crippen LogP contribution is -2.43. The molecule has 0 radical (unpaired) electrons. The van der Waals surface area contributed by atoms with E-state index in [9.17, 15) is 4.79 Å². The van der Waals surface area contributed by atoms with Crippen LogP contribution in [-0.2, 0) is 4.74 Å². The standard InChI is InChI=1S/C21H22ClN3O3S.ClH/c1-27-17-4-2-3-15(13-17)20(26)25(8-7-24-9-11-28-12-10-24)21-23-18-6-5-16(22)14-19(18)29-21;/h2-6,13-14H,7-12H2,1H3;1H. The van der Waals surface area contributed by atoms with E-state index in [2.05, 4.69) is 4.90 Å². The molecule has 1 aromatic heterocycles. The lowest BCUT2D eigenvalue weighted by molar-refractivity contribution is 0.0391. The van der Waals surface area contributed by atoms with Crippen molar-refractivity contribution in [1.82, 2.24) is 9.88 Å². The number of methoxy groups -OCH3 is 1. The molecule has 3 aromatic rings. The molecule has 1 aliphatic heterocycles. The van der Waals surface area contributed by atoms with Gasteiger partial charge in [-0.05, 0) is 36.4 Å². The van der Waals surface area contributed by atoms with Gasteiger partial charge in [0.05, 0.1) is 30.5 Å². The van der Waals surface area contributed by atoms with E-state index in [1.807, 2.05) is 30.3 Å². The first-order chi connectivity index (χ1) is 14.1. The van der Waals surface area contributed by atoms with E-state index < -0.39 is 0 Å². The monoisotopic (exact) mass is 467 g/mol. The molecule has 2 aromatic carbocycles. The van der Waals surface area contributed by atoms with Crippen molar-refractivity contribution in [2.24, 2.45) is 0 Å². The van der Waals surface area contributed by atoms with Crippen molar-refractivity contribution in [3.8, 4) is 5.75 Å². The summed E-state index contributed by atoms with van der Waals surface area (Å²) < 4.78 is 11.7. The van der Waals surface area contributed by atoms with Gasteiger partial charge in [0, 0.05) is 36.8 Å². The van der Waals surface area contributed by atoms with Crippen LogP contribution in [0.4, 0.5) is 5.13 Å². The third-order valence-corrected chi connectivity index (χ3v) is 6.15. The van der Waals surface area contributed by atoms with E-state index in [1.54, 1.807) is 24.1 Å². The van der Waals surface area contributed by atoms with Crippen LogP contribution < -0.4 is 9.64 Å². The van der Waals surface area contributed by atoms with E-state index in [4.69, 9.17) is 26.1 Å². The maximum Gasteiger partial charge on any atom is 0.260 e. The number of halogens is 2. The predicted molar refractivity (Wildman–Crippen MR) is 124 cm³/mol. The molecule has 0 atom stereocenters. The molecule has 160 valence electrons. The third-order valence-electron chi connectivity index (χ3n) is 4.88. The summed E-state index contributed by atoms with van der Waals surface area (Å²) in [6.45, 7) is 4.50. The highest BCUT2D eigenvalue weighted by Gasteiger charge is 2.23. The number of carbonyl (C=O) groups is 1. The van der Waals surface area contributed by atoms with E-state index in [1.165, 1.54) is 11.3 Å². The Morgan fingerprint density at radius 1 is 1.27 bits per heavy atom. The highest BCUT2D eigenvalue weighted by Crippen LogP contribution is 2.31. The van der Waals surface area contributed by atoms with Gasteiger partial charge in [-0.2, -0.15) is 0 Å². The number of benzene rings is 2.